The summed E-state index contributed by atoms with van der Waals surface area (Å²) >= 11 is 0. The molecule has 0 radical (unpaired) electrons. The van der Waals surface area contributed by atoms with Gasteiger partial charge in [0.2, 0.25) is 12.3 Å². The zero-order valence-electron chi connectivity index (χ0n) is 14.7. The van der Waals surface area contributed by atoms with E-state index < -0.39 is 17.7 Å². The number of halogens is 1. The van der Waals surface area contributed by atoms with E-state index >= 15 is 4.39 Å². The Morgan fingerprint density at radius 1 is 1.33 bits per heavy atom. The Bertz CT molecular complexity index is 715. The number of likely N-dealkylation sites (tertiary alicyclic amines) is 1. The minimum Gasteiger partial charge on any atom is -0.437 e. The van der Waals surface area contributed by atoms with Crippen LogP contribution in [0.4, 0.5) is 4.39 Å². The first-order chi connectivity index (χ1) is 11.2. The fourth-order valence-corrected chi connectivity index (χ4v) is 2.93. The molecule has 1 aromatic heterocycles. The molecule has 1 aliphatic heterocycles. The molecule has 3 rings (SSSR count). The van der Waals surface area contributed by atoms with Gasteiger partial charge in [-0.2, -0.15) is 0 Å². The zero-order valence-corrected chi connectivity index (χ0v) is 14.7. The van der Waals surface area contributed by atoms with Gasteiger partial charge in [-0.25, -0.2) is 9.37 Å². The third-order valence-corrected chi connectivity index (χ3v) is 4.29. The molecule has 0 saturated carbocycles. The van der Waals surface area contributed by atoms with Crippen molar-refractivity contribution in [2.75, 3.05) is 13.1 Å². The molecule has 6 heteroatoms. The minimum absolute atomic E-state index is 0.133. The quantitative estimate of drug-likeness (QED) is 0.870. The van der Waals surface area contributed by atoms with Gasteiger partial charge in [0.05, 0.1) is 5.60 Å². The molecule has 1 aliphatic rings. The van der Waals surface area contributed by atoms with Gasteiger partial charge in [0.1, 0.15) is 5.52 Å². The molecule has 2 aromatic rings. The highest BCUT2D eigenvalue weighted by Gasteiger charge is 2.42. The normalized spacial score (nSPS) is 20.4. The Balaban J connectivity index is 1.71. The second kappa shape index (κ2) is 6.10. The lowest BCUT2D eigenvalue weighted by molar-refractivity contribution is -0.247. The predicted octanol–water partition coefficient (Wildman–Crippen LogP) is 3.49. The summed E-state index contributed by atoms with van der Waals surface area (Å²) < 4.78 is 26.5. The smallest absolute Gasteiger partial charge is 0.233 e. The highest BCUT2D eigenvalue weighted by molar-refractivity contribution is 5.73. The summed E-state index contributed by atoms with van der Waals surface area (Å²) in [4.78, 5) is 6.08. The molecule has 1 N–H and O–H groups in total. The van der Waals surface area contributed by atoms with E-state index in [1.807, 2.05) is 45.9 Å². The van der Waals surface area contributed by atoms with Crippen LogP contribution in [-0.4, -0.2) is 40.1 Å². The fraction of sp³-hybridized carbons (Fsp3) is 0.611. The second-order valence-electron chi connectivity index (χ2n) is 7.55. The maximum absolute atomic E-state index is 15.3. The molecule has 5 nitrogen and oxygen atoms in total. The molecular weight excluding hydrogens is 311 g/mol. The van der Waals surface area contributed by atoms with Crippen molar-refractivity contribution in [1.82, 2.24) is 9.88 Å². The number of aliphatic hydroxyl groups excluding tert-OH is 1. The predicted molar refractivity (Wildman–Crippen MR) is 89.2 cm³/mol. The van der Waals surface area contributed by atoms with Crippen molar-refractivity contribution >= 4 is 11.1 Å². The summed E-state index contributed by atoms with van der Waals surface area (Å²) in [5.41, 5.74) is 0.284. The van der Waals surface area contributed by atoms with Crippen molar-refractivity contribution in [2.45, 2.75) is 58.2 Å². The molecule has 1 saturated heterocycles. The van der Waals surface area contributed by atoms with Crippen LogP contribution in [0, 0.1) is 6.92 Å². The Labute approximate surface area is 141 Å². The van der Waals surface area contributed by atoms with Gasteiger partial charge in [0.15, 0.2) is 11.3 Å². The number of ether oxygens (including phenoxy) is 1. The first kappa shape index (κ1) is 17.3. The van der Waals surface area contributed by atoms with E-state index in [9.17, 15) is 5.11 Å². The second-order valence-corrected chi connectivity index (χ2v) is 7.55. The summed E-state index contributed by atoms with van der Waals surface area (Å²) in [7, 11) is 0. The van der Waals surface area contributed by atoms with Crippen LogP contribution < -0.4 is 0 Å². The highest BCUT2D eigenvalue weighted by atomic mass is 19.1. The number of hydrogen-bond acceptors (Lipinski definition) is 5. The van der Waals surface area contributed by atoms with Crippen LogP contribution in [0.1, 0.15) is 45.1 Å². The Kier molecular flexibility index (Phi) is 4.40. The zero-order chi connectivity index (χ0) is 17.5. The molecule has 0 bridgehead atoms. The van der Waals surface area contributed by atoms with Gasteiger partial charge in [0.25, 0.3) is 0 Å². The lowest BCUT2D eigenvalue weighted by atomic mass is 9.93. The summed E-state index contributed by atoms with van der Waals surface area (Å²) in [5.74, 6) is 0.133. The molecule has 0 amide bonds. The van der Waals surface area contributed by atoms with Gasteiger partial charge < -0.3 is 14.3 Å². The van der Waals surface area contributed by atoms with Crippen molar-refractivity contribution in [3.63, 3.8) is 0 Å². The van der Waals surface area contributed by atoms with Crippen LogP contribution in [0.5, 0.6) is 0 Å². The third-order valence-electron chi connectivity index (χ3n) is 4.29. The standard InChI is InChI=1S/C18H25FN2O3/c1-12-5-6-14-13(11-12)20-15(23-14)18(19)7-9-21(10-8-18)16(22)24-17(2,3)4/h5-6,11,16,22H,7-10H2,1-4H3. The Hall–Kier alpha value is -1.50. The number of piperidine rings is 1. The van der Waals surface area contributed by atoms with E-state index in [1.165, 1.54) is 0 Å². The van der Waals surface area contributed by atoms with E-state index in [0.29, 0.717) is 24.2 Å². The molecule has 1 atom stereocenters. The Morgan fingerprint density at radius 2 is 2.00 bits per heavy atom. The van der Waals surface area contributed by atoms with Crippen LogP contribution >= 0.6 is 0 Å². The average molecular weight is 336 g/mol. The number of benzene rings is 1. The largest absolute Gasteiger partial charge is 0.437 e. The molecule has 0 spiro atoms. The molecule has 0 aliphatic carbocycles. The van der Waals surface area contributed by atoms with Gasteiger partial charge in [-0.3, -0.25) is 4.90 Å². The highest BCUT2D eigenvalue weighted by Crippen LogP contribution is 2.38. The molecule has 24 heavy (non-hydrogen) atoms. The van der Waals surface area contributed by atoms with E-state index in [0.717, 1.165) is 5.56 Å². The van der Waals surface area contributed by atoms with Crippen molar-refractivity contribution in [2.24, 2.45) is 0 Å². The fourth-order valence-electron chi connectivity index (χ4n) is 2.93. The molecule has 132 valence electrons. The number of fused-ring (bicyclic) bond motifs is 1. The van der Waals surface area contributed by atoms with E-state index in [1.54, 1.807) is 4.90 Å². The first-order valence-electron chi connectivity index (χ1n) is 8.33. The van der Waals surface area contributed by atoms with Crippen molar-refractivity contribution in [1.29, 1.82) is 0 Å². The molecule has 1 aromatic carbocycles. The summed E-state index contributed by atoms with van der Waals surface area (Å²) in [6, 6.07) is 5.63. The van der Waals surface area contributed by atoms with E-state index in [2.05, 4.69) is 4.98 Å². The van der Waals surface area contributed by atoms with Crippen molar-refractivity contribution in [3.05, 3.63) is 29.7 Å². The summed E-state index contributed by atoms with van der Waals surface area (Å²) in [5, 5.41) is 10.1. The van der Waals surface area contributed by atoms with Crippen LogP contribution in [0.15, 0.2) is 22.6 Å². The van der Waals surface area contributed by atoms with E-state index in [-0.39, 0.29) is 18.7 Å². The lowest BCUT2D eigenvalue weighted by Crippen LogP contribution is -2.48. The topological polar surface area (TPSA) is 58.7 Å². The number of aromatic nitrogens is 1. The molecular formula is C18H25FN2O3. The maximum atomic E-state index is 15.3. The number of hydrogen-bond donors (Lipinski definition) is 1. The monoisotopic (exact) mass is 336 g/mol. The number of aliphatic hydroxyl groups is 1. The minimum atomic E-state index is -1.61. The third kappa shape index (κ3) is 3.61. The number of alkyl halides is 1. The Morgan fingerprint density at radius 3 is 2.62 bits per heavy atom. The number of oxazole rings is 1. The van der Waals surface area contributed by atoms with Gasteiger partial charge in [0, 0.05) is 25.9 Å². The van der Waals surface area contributed by atoms with E-state index in [4.69, 9.17) is 9.15 Å². The number of aryl methyl sites for hydroxylation is 1. The number of nitrogens with zero attached hydrogens (tertiary/aromatic N) is 2. The van der Waals surface area contributed by atoms with Gasteiger partial charge in [-0.05, 0) is 45.4 Å². The molecule has 1 unspecified atom stereocenters. The van der Waals surface area contributed by atoms with Crippen LogP contribution in [-0.2, 0) is 10.4 Å². The lowest BCUT2D eigenvalue weighted by Gasteiger charge is -2.38. The van der Waals surface area contributed by atoms with Crippen molar-refractivity contribution in [3.8, 4) is 0 Å². The van der Waals surface area contributed by atoms with Crippen molar-refractivity contribution < 1.29 is 18.7 Å². The first-order valence-corrected chi connectivity index (χ1v) is 8.33. The molecule has 1 fully saturated rings. The van der Waals surface area contributed by atoms with Gasteiger partial charge in [-0.15, -0.1) is 0 Å². The van der Waals surface area contributed by atoms with Crippen LogP contribution in [0.25, 0.3) is 11.1 Å². The van der Waals surface area contributed by atoms with Crippen LogP contribution in [0.3, 0.4) is 0 Å². The van der Waals surface area contributed by atoms with Gasteiger partial charge >= 0.3 is 0 Å². The number of rotatable bonds is 3. The van der Waals surface area contributed by atoms with Gasteiger partial charge in [-0.1, -0.05) is 6.07 Å². The average Bonchev–Trinajstić information content (AvgIpc) is 2.90. The summed E-state index contributed by atoms with van der Waals surface area (Å²) in [6.07, 6.45) is -0.604. The SMILES string of the molecule is Cc1ccc2oc(C3(F)CCN(C(O)OC(C)(C)C)CC3)nc2c1. The maximum Gasteiger partial charge on any atom is 0.233 e. The van der Waals surface area contributed by atoms with Crippen LogP contribution in [0.2, 0.25) is 0 Å². The summed E-state index contributed by atoms with van der Waals surface area (Å²) in [6.45, 7) is 8.35. The molecule has 2 heterocycles.